The van der Waals surface area contributed by atoms with Gasteiger partial charge < -0.3 is 15.8 Å². The largest absolute Gasteiger partial charge is 0.448 e. The zero-order valence-corrected chi connectivity index (χ0v) is 8.97. The summed E-state index contributed by atoms with van der Waals surface area (Å²) in [7, 11) is 0. The SMILES string of the molecule is CCC1CSC(=NCCOC(N)=O)N1. The number of primary amides is 1. The number of ether oxygens (including phenoxy) is 1. The van der Waals surface area contributed by atoms with Crippen molar-refractivity contribution < 1.29 is 9.53 Å². The van der Waals surface area contributed by atoms with Gasteiger partial charge in [0.25, 0.3) is 0 Å². The molecule has 0 bridgehead atoms. The highest BCUT2D eigenvalue weighted by Crippen LogP contribution is 2.15. The average molecular weight is 217 g/mol. The van der Waals surface area contributed by atoms with Crippen molar-refractivity contribution in [3.05, 3.63) is 0 Å². The van der Waals surface area contributed by atoms with Crippen LogP contribution in [0.2, 0.25) is 0 Å². The monoisotopic (exact) mass is 217 g/mol. The van der Waals surface area contributed by atoms with Crippen molar-refractivity contribution in [3.63, 3.8) is 0 Å². The highest BCUT2D eigenvalue weighted by Gasteiger charge is 2.17. The molecule has 1 atom stereocenters. The highest BCUT2D eigenvalue weighted by atomic mass is 32.2. The zero-order valence-electron chi connectivity index (χ0n) is 8.16. The summed E-state index contributed by atoms with van der Waals surface area (Å²) in [6, 6.07) is 0.524. The maximum absolute atomic E-state index is 10.2. The molecule has 0 aliphatic carbocycles. The maximum Gasteiger partial charge on any atom is 0.404 e. The van der Waals surface area contributed by atoms with Crippen molar-refractivity contribution in [2.24, 2.45) is 10.7 Å². The lowest BCUT2D eigenvalue weighted by atomic mass is 10.3. The van der Waals surface area contributed by atoms with Crippen molar-refractivity contribution >= 4 is 23.0 Å². The summed E-state index contributed by atoms with van der Waals surface area (Å²) in [5.74, 6) is 1.06. The summed E-state index contributed by atoms with van der Waals surface area (Å²) < 4.78 is 4.55. The molecular weight excluding hydrogens is 202 g/mol. The van der Waals surface area contributed by atoms with Gasteiger partial charge in [0.05, 0.1) is 6.54 Å². The van der Waals surface area contributed by atoms with E-state index in [2.05, 4.69) is 22.0 Å². The molecule has 0 radical (unpaired) electrons. The van der Waals surface area contributed by atoms with Gasteiger partial charge in [0.1, 0.15) is 6.61 Å². The van der Waals surface area contributed by atoms with Gasteiger partial charge in [-0.2, -0.15) is 0 Å². The number of amidine groups is 1. The van der Waals surface area contributed by atoms with Crippen LogP contribution in [-0.4, -0.2) is 36.2 Å². The fourth-order valence-corrected chi connectivity index (χ4v) is 2.15. The van der Waals surface area contributed by atoms with Crippen LogP contribution in [-0.2, 0) is 4.74 Å². The Bertz CT molecular complexity index is 233. The molecule has 14 heavy (non-hydrogen) atoms. The van der Waals surface area contributed by atoms with Crippen LogP contribution < -0.4 is 11.1 Å². The normalized spacial score (nSPS) is 23.5. The number of carbonyl (C=O) groups is 1. The van der Waals surface area contributed by atoms with Crippen molar-refractivity contribution in [2.45, 2.75) is 19.4 Å². The van der Waals surface area contributed by atoms with Gasteiger partial charge in [-0.15, -0.1) is 0 Å². The van der Waals surface area contributed by atoms with E-state index in [1.807, 2.05) is 0 Å². The van der Waals surface area contributed by atoms with Gasteiger partial charge in [-0.3, -0.25) is 4.99 Å². The van der Waals surface area contributed by atoms with Crippen molar-refractivity contribution in [3.8, 4) is 0 Å². The smallest absolute Gasteiger partial charge is 0.404 e. The number of hydrogen-bond acceptors (Lipinski definition) is 4. The van der Waals surface area contributed by atoms with Crippen LogP contribution >= 0.6 is 11.8 Å². The number of nitrogens with two attached hydrogens (primary N) is 1. The number of carbonyl (C=O) groups excluding carboxylic acids is 1. The Morgan fingerprint density at radius 3 is 3.21 bits per heavy atom. The third-order valence-corrected chi connectivity index (χ3v) is 2.92. The molecule has 3 N–H and O–H groups in total. The van der Waals surface area contributed by atoms with E-state index < -0.39 is 6.09 Å². The second-order valence-electron chi connectivity index (χ2n) is 2.91. The maximum atomic E-state index is 10.2. The van der Waals surface area contributed by atoms with E-state index in [-0.39, 0.29) is 6.61 Å². The molecule has 0 spiro atoms. The number of rotatable bonds is 4. The molecular formula is C8H15N3O2S. The first-order chi connectivity index (χ1) is 6.72. The molecule has 6 heteroatoms. The quantitative estimate of drug-likeness (QED) is 0.674. The molecule has 5 nitrogen and oxygen atoms in total. The lowest BCUT2D eigenvalue weighted by Gasteiger charge is -2.04. The fraction of sp³-hybridized carbons (Fsp3) is 0.750. The Labute approximate surface area is 87.5 Å². The van der Waals surface area contributed by atoms with E-state index >= 15 is 0 Å². The molecule has 1 unspecified atom stereocenters. The first kappa shape index (κ1) is 11.2. The Kier molecular flexibility index (Phi) is 4.58. The predicted molar refractivity (Wildman–Crippen MR) is 57.5 cm³/mol. The van der Waals surface area contributed by atoms with Crippen LogP contribution in [0, 0.1) is 0 Å². The van der Waals surface area contributed by atoms with E-state index in [9.17, 15) is 4.79 Å². The van der Waals surface area contributed by atoms with E-state index in [1.54, 1.807) is 11.8 Å². The summed E-state index contributed by atoms with van der Waals surface area (Å²) in [4.78, 5) is 14.5. The third kappa shape index (κ3) is 3.87. The van der Waals surface area contributed by atoms with E-state index in [1.165, 1.54) is 0 Å². The highest BCUT2D eigenvalue weighted by molar-refractivity contribution is 8.14. The van der Waals surface area contributed by atoms with Crippen LogP contribution in [0.5, 0.6) is 0 Å². The summed E-state index contributed by atoms with van der Waals surface area (Å²) in [6.07, 6.45) is 0.354. The van der Waals surface area contributed by atoms with Crippen LogP contribution in [0.25, 0.3) is 0 Å². The summed E-state index contributed by atoms with van der Waals surface area (Å²) in [5.41, 5.74) is 4.80. The number of nitrogens with zero attached hydrogens (tertiary/aromatic N) is 1. The Morgan fingerprint density at radius 2 is 2.64 bits per heavy atom. The first-order valence-electron chi connectivity index (χ1n) is 4.58. The summed E-state index contributed by atoms with van der Waals surface area (Å²) >= 11 is 1.70. The summed E-state index contributed by atoms with van der Waals surface area (Å²) in [5, 5.41) is 4.21. The Morgan fingerprint density at radius 1 is 1.86 bits per heavy atom. The molecule has 1 amide bonds. The van der Waals surface area contributed by atoms with Gasteiger partial charge in [-0.25, -0.2) is 4.79 Å². The number of thioether (sulfide) groups is 1. The first-order valence-corrected chi connectivity index (χ1v) is 5.57. The number of aliphatic imine (C=N–C) groups is 1. The third-order valence-electron chi connectivity index (χ3n) is 1.83. The van der Waals surface area contributed by atoms with Gasteiger partial charge in [0.2, 0.25) is 0 Å². The molecule has 1 heterocycles. The van der Waals surface area contributed by atoms with Gasteiger partial charge in [-0.1, -0.05) is 18.7 Å². The molecule has 0 aromatic carbocycles. The fourth-order valence-electron chi connectivity index (χ4n) is 1.04. The topological polar surface area (TPSA) is 76.7 Å². The van der Waals surface area contributed by atoms with Crippen LogP contribution in [0.4, 0.5) is 4.79 Å². The van der Waals surface area contributed by atoms with Crippen LogP contribution in [0.3, 0.4) is 0 Å². The van der Waals surface area contributed by atoms with Gasteiger partial charge in [-0.05, 0) is 6.42 Å². The Balaban J connectivity index is 2.16. The van der Waals surface area contributed by atoms with Crippen LogP contribution in [0.1, 0.15) is 13.3 Å². The van der Waals surface area contributed by atoms with Crippen molar-refractivity contribution in [2.75, 3.05) is 18.9 Å². The minimum Gasteiger partial charge on any atom is -0.448 e. The molecule has 1 rings (SSSR count). The zero-order chi connectivity index (χ0) is 10.4. The lowest BCUT2D eigenvalue weighted by Crippen LogP contribution is -2.26. The summed E-state index contributed by atoms with van der Waals surface area (Å²) in [6.45, 7) is 2.85. The molecule has 1 saturated heterocycles. The van der Waals surface area contributed by atoms with E-state index in [4.69, 9.17) is 5.73 Å². The van der Waals surface area contributed by atoms with Crippen molar-refractivity contribution in [1.29, 1.82) is 0 Å². The average Bonchev–Trinajstić information content (AvgIpc) is 2.60. The van der Waals surface area contributed by atoms with Gasteiger partial charge in [0.15, 0.2) is 5.17 Å². The van der Waals surface area contributed by atoms with E-state index in [0.717, 1.165) is 17.3 Å². The number of hydrogen-bond donors (Lipinski definition) is 2. The molecule has 0 saturated carbocycles. The standard InChI is InChI=1S/C8H15N3O2S/c1-2-6-5-14-8(11-6)10-3-4-13-7(9)12/h6H,2-5H2,1H3,(H2,9,12)(H,10,11). The predicted octanol–water partition coefficient (Wildman–Crippen LogP) is 0.553. The van der Waals surface area contributed by atoms with E-state index in [0.29, 0.717) is 12.6 Å². The van der Waals surface area contributed by atoms with Gasteiger partial charge >= 0.3 is 6.09 Å². The Hall–Kier alpha value is -0.910. The molecule has 1 fully saturated rings. The lowest BCUT2D eigenvalue weighted by molar-refractivity contribution is 0.160. The molecule has 80 valence electrons. The molecule has 0 aromatic rings. The van der Waals surface area contributed by atoms with Gasteiger partial charge in [0, 0.05) is 11.8 Å². The number of amides is 1. The minimum absolute atomic E-state index is 0.248. The second-order valence-corrected chi connectivity index (χ2v) is 3.92. The molecule has 1 aliphatic rings. The molecule has 0 aromatic heterocycles. The van der Waals surface area contributed by atoms with Crippen LogP contribution in [0.15, 0.2) is 4.99 Å². The number of nitrogens with one attached hydrogen (secondary N) is 1. The van der Waals surface area contributed by atoms with Crippen molar-refractivity contribution in [1.82, 2.24) is 5.32 Å². The molecule has 1 aliphatic heterocycles. The minimum atomic E-state index is -0.747. The second kappa shape index (κ2) is 5.74.